The first-order valence-electron chi connectivity index (χ1n) is 7.76. The van der Waals surface area contributed by atoms with E-state index in [1.165, 1.54) is 16.8 Å². The maximum Gasteiger partial charge on any atom is 0.332 e. The average molecular weight is 327 g/mol. The number of piperazine rings is 1. The third-order valence-electron chi connectivity index (χ3n) is 4.24. The predicted octanol–water partition coefficient (Wildman–Crippen LogP) is 0.419. The van der Waals surface area contributed by atoms with Crippen molar-refractivity contribution < 1.29 is 4.42 Å². The Balaban J connectivity index is 1.71. The quantitative estimate of drug-likeness (QED) is 0.734. The van der Waals surface area contributed by atoms with Gasteiger partial charge in [-0.05, 0) is 19.2 Å². The zero-order valence-electron chi connectivity index (χ0n) is 13.2. The molecule has 1 fully saturated rings. The van der Waals surface area contributed by atoms with Gasteiger partial charge in [0.15, 0.2) is 5.58 Å². The number of hydrogen-bond donors (Lipinski definition) is 1. The maximum absolute atomic E-state index is 11.9. The van der Waals surface area contributed by atoms with Gasteiger partial charge in [0.1, 0.15) is 5.52 Å². The van der Waals surface area contributed by atoms with Crippen molar-refractivity contribution >= 4 is 17.1 Å². The fourth-order valence-electron chi connectivity index (χ4n) is 2.80. The SMILES string of the molecule is CN1CCN(c2nc3ccc(-n4ccc(=O)[nH]c4=O)cc3o2)CC1. The minimum Gasteiger partial charge on any atom is -0.423 e. The largest absolute Gasteiger partial charge is 0.423 e. The molecule has 24 heavy (non-hydrogen) atoms. The molecule has 0 radical (unpaired) electrons. The Morgan fingerprint density at radius 2 is 1.92 bits per heavy atom. The molecule has 1 aliphatic heterocycles. The second-order valence-corrected chi connectivity index (χ2v) is 5.92. The lowest BCUT2D eigenvalue weighted by atomic mass is 10.3. The first-order chi connectivity index (χ1) is 11.6. The number of fused-ring (bicyclic) bond motifs is 1. The van der Waals surface area contributed by atoms with Crippen molar-refractivity contribution in [1.29, 1.82) is 0 Å². The van der Waals surface area contributed by atoms with E-state index in [9.17, 15) is 9.59 Å². The smallest absolute Gasteiger partial charge is 0.332 e. The van der Waals surface area contributed by atoms with Gasteiger partial charge in [0.2, 0.25) is 0 Å². The van der Waals surface area contributed by atoms with E-state index >= 15 is 0 Å². The first-order valence-corrected chi connectivity index (χ1v) is 7.76. The van der Waals surface area contributed by atoms with Crippen LogP contribution in [0, 0.1) is 0 Å². The van der Waals surface area contributed by atoms with Gasteiger partial charge < -0.3 is 14.2 Å². The molecular weight excluding hydrogens is 310 g/mol. The van der Waals surface area contributed by atoms with E-state index in [1.807, 2.05) is 6.07 Å². The van der Waals surface area contributed by atoms with Crippen LogP contribution in [0.15, 0.2) is 44.5 Å². The predicted molar refractivity (Wildman–Crippen MR) is 89.9 cm³/mol. The normalized spacial score (nSPS) is 16.0. The molecule has 1 aromatic carbocycles. The van der Waals surface area contributed by atoms with Crippen LogP contribution in [-0.2, 0) is 0 Å². The number of benzene rings is 1. The van der Waals surface area contributed by atoms with Crippen LogP contribution < -0.4 is 16.1 Å². The van der Waals surface area contributed by atoms with Crippen LogP contribution in [0.3, 0.4) is 0 Å². The second-order valence-electron chi connectivity index (χ2n) is 5.92. The molecule has 0 amide bonds. The number of anilines is 1. The van der Waals surface area contributed by atoms with E-state index in [1.54, 1.807) is 12.1 Å². The molecular formula is C16H17N5O3. The van der Waals surface area contributed by atoms with Gasteiger partial charge in [0, 0.05) is 44.5 Å². The topological polar surface area (TPSA) is 87.4 Å². The summed E-state index contributed by atoms with van der Waals surface area (Å²) >= 11 is 0. The van der Waals surface area contributed by atoms with Gasteiger partial charge in [0.25, 0.3) is 11.6 Å². The van der Waals surface area contributed by atoms with E-state index in [0.29, 0.717) is 17.3 Å². The molecule has 0 bridgehead atoms. The van der Waals surface area contributed by atoms with E-state index < -0.39 is 11.2 Å². The van der Waals surface area contributed by atoms with Crippen LogP contribution >= 0.6 is 0 Å². The van der Waals surface area contributed by atoms with E-state index in [0.717, 1.165) is 31.7 Å². The summed E-state index contributed by atoms with van der Waals surface area (Å²) in [4.78, 5) is 34.2. The minimum absolute atomic E-state index is 0.422. The van der Waals surface area contributed by atoms with Crippen LogP contribution in [0.1, 0.15) is 0 Å². The number of nitrogens with one attached hydrogen (secondary N) is 1. The van der Waals surface area contributed by atoms with Crippen molar-refractivity contribution in [2.75, 3.05) is 38.1 Å². The summed E-state index contributed by atoms with van der Waals surface area (Å²) in [6.07, 6.45) is 1.44. The third-order valence-corrected chi connectivity index (χ3v) is 4.24. The fourth-order valence-corrected chi connectivity index (χ4v) is 2.80. The lowest BCUT2D eigenvalue weighted by Crippen LogP contribution is -2.44. The Kier molecular flexibility index (Phi) is 3.46. The number of nitrogens with zero attached hydrogens (tertiary/aromatic N) is 4. The van der Waals surface area contributed by atoms with Crippen molar-refractivity contribution in [2.45, 2.75) is 0 Å². The van der Waals surface area contributed by atoms with Gasteiger partial charge in [-0.1, -0.05) is 0 Å². The molecule has 0 unspecified atom stereocenters. The van der Waals surface area contributed by atoms with Crippen LogP contribution in [0.25, 0.3) is 16.8 Å². The van der Waals surface area contributed by atoms with Crippen molar-refractivity contribution in [3.8, 4) is 5.69 Å². The van der Waals surface area contributed by atoms with E-state index in [4.69, 9.17) is 4.42 Å². The molecule has 124 valence electrons. The highest BCUT2D eigenvalue weighted by Gasteiger charge is 2.19. The molecule has 8 nitrogen and oxygen atoms in total. The number of aromatic nitrogens is 3. The van der Waals surface area contributed by atoms with Gasteiger partial charge >= 0.3 is 5.69 Å². The number of aromatic amines is 1. The molecule has 2 aromatic heterocycles. The molecule has 4 rings (SSSR count). The van der Waals surface area contributed by atoms with Crippen LogP contribution in [0.2, 0.25) is 0 Å². The zero-order chi connectivity index (χ0) is 16.7. The zero-order valence-corrected chi connectivity index (χ0v) is 13.2. The summed E-state index contributed by atoms with van der Waals surface area (Å²) in [5.41, 5.74) is 1.06. The number of H-pyrrole nitrogens is 1. The first kappa shape index (κ1) is 14.7. The van der Waals surface area contributed by atoms with Crippen molar-refractivity contribution in [3.63, 3.8) is 0 Å². The molecule has 0 aliphatic carbocycles. The van der Waals surface area contributed by atoms with Gasteiger partial charge in [-0.3, -0.25) is 14.3 Å². The van der Waals surface area contributed by atoms with Gasteiger partial charge in [0.05, 0.1) is 5.69 Å². The van der Waals surface area contributed by atoms with Crippen LogP contribution in [0.4, 0.5) is 6.01 Å². The molecule has 1 saturated heterocycles. The molecule has 0 atom stereocenters. The van der Waals surface area contributed by atoms with Gasteiger partial charge in [-0.25, -0.2) is 4.79 Å². The Hall–Kier alpha value is -2.87. The Labute approximate surface area is 136 Å². The van der Waals surface area contributed by atoms with Crippen molar-refractivity contribution in [3.05, 3.63) is 51.3 Å². The average Bonchev–Trinajstić information content (AvgIpc) is 2.98. The maximum atomic E-state index is 11.9. The molecule has 0 spiro atoms. The highest BCUT2D eigenvalue weighted by Crippen LogP contribution is 2.24. The van der Waals surface area contributed by atoms with E-state index in [-0.39, 0.29) is 0 Å². The lowest BCUT2D eigenvalue weighted by molar-refractivity contribution is 0.305. The Morgan fingerprint density at radius 1 is 1.12 bits per heavy atom. The molecule has 1 aliphatic rings. The third kappa shape index (κ3) is 2.61. The summed E-state index contributed by atoms with van der Waals surface area (Å²) in [7, 11) is 2.09. The van der Waals surface area contributed by atoms with Gasteiger partial charge in [-0.15, -0.1) is 0 Å². The molecule has 8 heteroatoms. The number of hydrogen-bond acceptors (Lipinski definition) is 6. The standard InChI is InChI=1S/C16H17N5O3/c1-19-6-8-20(9-7-19)16-17-12-3-2-11(10-13(12)24-16)21-5-4-14(22)18-15(21)23/h2-5,10H,6-9H2,1H3,(H,18,22,23). The highest BCUT2D eigenvalue weighted by molar-refractivity contribution is 5.77. The number of likely N-dealkylation sites (N-methyl/N-ethyl adjacent to an activating group) is 1. The lowest BCUT2D eigenvalue weighted by Gasteiger charge is -2.31. The highest BCUT2D eigenvalue weighted by atomic mass is 16.4. The van der Waals surface area contributed by atoms with Gasteiger partial charge in [-0.2, -0.15) is 4.98 Å². The summed E-state index contributed by atoms with van der Waals surface area (Å²) in [6.45, 7) is 3.68. The molecule has 1 N–H and O–H groups in total. The summed E-state index contributed by atoms with van der Waals surface area (Å²) in [5, 5.41) is 0. The Bertz CT molecular complexity index is 995. The number of oxazole rings is 1. The van der Waals surface area contributed by atoms with Crippen molar-refractivity contribution in [2.24, 2.45) is 0 Å². The number of rotatable bonds is 2. The van der Waals surface area contributed by atoms with E-state index in [2.05, 4.69) is 26.8 Å². The Morgan fingerprint density at radius 3 is 2.67 bits per heavy atom. The summed E-state index contributed by atoms with van der Waals surface area (Å²) in [5.74, 6) is 0. The van der Waals surface area contributed by atoms with Crippen molar-refractivity contribution in [1.82, 2.24) is 19.4 Å². The minimum atomic E-state index is -0.486. The molecule has 0 saturated carbocycles. The molecule has 3 aromatic rings. The molecule has 3 heterocycles. The second kappa shape index (κ2) is 5.64. The summed E-state index contributed by atoms with van der Waals surface area (Å²) < 4.78 is 7.24. The summed E-state index contributed by atoms with van der Waals surface area (Å²) in [6, 6.07) is 7.25. The van der Waals surface area contributed by atoms with Crippen LogP contribution in [-0.4, -0.2) is 52.7 Å². The monoisotopic (exact) mass is 327 g/mol. The fraction of sp³-hybridized carbons (Fsp3) is 0.312. The van der Waals surface area contributed by atoms with Crippen LogP contribution in [0.5, 0.6) is 0 Å².